The molecule has 0 bridgehead atoms. The number of hydrogen-bond acceptors (Lipinski definition) is 5. The predicted molar refractivity (Wildman–Crippen MR) is 78.5 cm³/mol. The standard InChI is InChI=1S/C13H13N3S2/c1-8-7-14-12(17-8)9(2)15-13-10-5-3-4-6-11(10)16-18-13/h3-7,9,15H,1-2H3. The molecule has 0 saturated carbocycles. The fourth-order valence-corrected chi connectivity index (χ4v) is 3.45. The highest BCUT2D eigenvalue weighted by Gasteiger charge is 2.12. The van der Waals surface area contributed by atoms with Gasteiger partial charge in [0.25, 0.3) is 0 Å². The summed E-state index contributed by atoms with van der Waals surface area (Å²) in [6.07, 6.45) is 1.92. The second kappa shape index (κ2) is 4.66. The van der Waals surface area contributed by atoms with Crippen LogP contribution in [-0.2, 0) is 0 Å². The van der Waals surface area contributed by atoms with E-state index in [4.69, 9.17) is 0 Å². The first-order chi connectivity index (χ1) is 8.74. The van der Waals surface area contributed by atoms with Gasteiger partial charge in [0.1, 0.15) is 10.0 Å². The van der Waals surface area contributed by atoms with Crippen LogP contribution >= 0.6 is 22.9 Å². The van der Waals surface area contributed by atoms with Crippen molar-refractivity contribution in [1.82, 2.24) is 9.36 Å². The summed E-state index contributed by atoms with van der Waals surface area (Å²) in [5, 5.41) is 6.91. The van der Waals surface area contributed by atoms with Gasteiger partial charge in [0, 0.05) is 16.5 Å². The smallest absolute Gasteiger partial charge is 0.117 e. The van der Waals surface area contributed by atoms with E-state index < -0.39 is 0 Å². The molecule has 0 saturated heterocycles. The number of aryl methyl sites for hydroxylation is 1. The Hall–Kier alpha value is -1.46. The molecule has 0 radical (unpaired) electrons. The van der Waals surface area contributed by atoms with Gasteiger partial charge in [-0.2, -0.15) is 4.37 Å². The summed E-state index contributed by atoms with van der Waals surface area (Å²) in [4.78, 5) is 5.66. The zero-order valence-electron chi connectivity index (χ0n) is 10.2. The van der Waals surface area contributed by atoms with Crippen LogP contribution in [0.4, 0.5) is 5.00 Å². The van der Waals surface area contributed by atoms with E-state index in [0.29, 0.717) is 0 Å². The molecule has 0 aliphatic heterocycles. The zero-order valence-corrected chi connectivity index (χ0v) is 11.8. The molecule has 3 rings (SSSR count). The van der Waals surface area contributed by atoms with Gasteiger partial charge in [0.15, 0.2) is 0 Å². The minimum absolute atomic E-state index is 0.215. The summed E-state index contributed by atoms with van der Waals surface area (Å²) in [6.45, 7) is 4.21. The van der Waals surface area contributed by atoms with Crippen molar-refractivity contribution in [1.29, 1.82) is 0 Å². The molecule has 1 atom stereocenters. The largest absolute Gasteiger partial charge is 0.366 e. The lowest BCUT2D eigenvalue weighted by molar-refractivity contribution is 0.875. The lowest BCUT2D eigenvalue weighted by Crippen LogP contribution is -2.04. The number of benzene rings is 1. The molecule has 1 aromatic carbocycles. The summed E-state index contributed by atoms with van der Waals surface area (Å²) in [5.41, 5.74) is 1.05. The van der Waals surface area contributed by atoms with E-state index in [1.807, 2.05) is 24.4 Å². The zero-order chi connectivity index (χ0) is 12.5. The van der Waals surface area contributed by atoms with Crippen LogP contribution in [-0.4, -0.2) is 9.36 Å². The number of nitrogens with zero attached hydrogens (tertiary/aromatic N) is 2. The molecule has 2 aromatic heterocycles. The fourth-order valence-electron chi connectivity index (χ4n) is 1.82. The molecule has 3 aromatic rings. The highest BCUT2D eigenvalue weighted by atomic mass is 32.1. The molecule has 5 heteroatoms. The highest BCUT2D eigenvalue weighted by molar-refractivity contribution is 7.12. The molecular formula is C13H13N3S2. The first-order valence-corrected chi connectivity index (χ1v) is 7.36. The van der Waals surface area contributed by atoms with Gasteiger partial charge >= 0.3 is 0 Å². The summed E-state index contributed by atoms with van der Waals surface area (Å²) in [7, 11) is 0. The quantitative estimate of drug-likeness (QED) is 0.777. The third-order valence-corrected chi connectivity index (χ3v) is 4.64. The van der Waals surface area contributed by atoms with Gasteiger partial charge in [-0.25, -0.2) is 4.98 Å². The van der Waals surface area contributed by atoms with Gasteiger partial charge in [0.05, 0.1) is 11.6 Å². The van der Waals surface area contributed by atoms with E-state index in [2.05, 4.69) is 34.6 Å². The Morgan fingerprint density at radius 3 is 2.89 bits per heavy atom. The van der Waals surface area contributed by atoms with E-state index in [1.54, 1.807) is 11.3 Å². The molecule has 0 fully saturated rings. The molecule has 0 amide bonds. The molecule has 0 spiro atoms. The van der Waals surface area contributed by atoms with Crippen molar-refractivity contribution in [3.63, 3.8) is 0 Å². The second-order valence-corrected chi connectivity index (χ2v) is 6.24. The summed E-state index contributed by atoms with van der Waals surface area (Å²) < 4.78 is 4.43. The Balaban J connectivity index is 1.88. The lowest BCUT2D eigenvalue weighted by Gasteiger charge is -2.10. The average molecular weight is 275 g/mol. The van der Waals surface area contributed by atoms with Crippen LogP contribution in [0.2, 0.25) is 0 Å². The van der Waals surface area contributed by atoms with E-state index in [9.17, 15) is 0 Å². The maximum absolute atomic E-state index is 4.43. The van der Waals surface area contributed by atoms with Crippen molar-refractivity contribution in [3.05, 3.63) is 40.3 Å². The third-order valence-electron chi connectivity index (χ3n) is 2.74. The number of thiazole rings is 1. The number of anilines is 1. The van der Waals surface area contributed by atoms with Crippen LogP contribution < -0.4 is 5.32 Å². The number of hydrogen-bond donors (Lipinski definition) is 1. The van der Waals surface area contributed by atoms with Gasteiger partial charge in [-0.05, 0) is 37.5 Å². The van der Waals surface area contributed by atoms with E-state index in [1.165, 1.54) is 21.8 Å². The van der Waals surface area contributed by atoms with Crippen LogP contribution in [0.1, 0.15) is 22.9 Å². The van der Waals surface area contributed by atoms with Crippen LogP contribution in [0.5, 0.6) is 0 Å². The summed E-state index contributed by atoms with van der Waals surface area (Å²) >= 11 is 3.24. The predicted octanol–water partition coefficient (Wildman–Crippen LogP) is 4.23. The Morgan fingerprint density at radius 1 is 1.28 bits per heavy atom. The van der Waals surface area contributed by atoms with Gasteiger partial charge in [-0.1, -0.05) is 12.1 Å². The van der Waals surface area contributed by atoms with Crippen LogP contribution in [0.15, 0.2) is 30.5 Å². The topological polar surface area (TPSA) is 37.8 Å². The molecular weight excluding hydrogens is 262 g/mol. The van der Waals surface area contributed by atoms with Crippen molar-refractivity contribution in [3.8, 4) is 0 Å². The Bertz CT molecular complexity index is 671. The SMILES string of the molecule is Cc1cnc(C(C)Nc2snc3ccccc23)s1. The van der Waals surface area contributed by atoms with Crippen molar-refractivity contribution < 1.29 is 0 Å². The Kier molecular flexibility index (Phi) is 3.01. The highest BCUT2D eigenvalue weighted by Crippen LogP contribution is 2.31. The molecule has 2 heterocycles. The van der Waals surface area contributed by atoms with Crippen LogP contribution in [0, 0.1) is 6.92 Å². The van der Waals surface area contributed by atoms with E-state index in [-0.39, 0.29) is 6.04 Å². The normalized spacial score (nSPS) is 12.8. The lowest BCUT2D eigenvalue weighted by atomic mass is 10.2. The van der Waals surface area contributed by atoms with E-state index in [0.717, 1.165) is 15.5 Å². The van der Waals surface area contributed by atoms with Crippen molar-refractivity contribution in [2.45, 2.75) is 19.9 Å². The van der Waals surface area contributed by atoms with Crippen molar-refractivity contribution in [2.24, 2.45) is 0 Å². The molecule has 0 aliphatic carbocycles. The van der Waals surface area contributed by atoms with Crippen LogP contribution in [0.25, 0.3) is 10.9 Å². The first kappa shape index (κ1) is 11.6. The summed E-state index contributed by atoms with van der Waals surface area (Å²) in [5.74, 6) is 0. The molecule has 92 valence electrons. The number of nitrogens with one attached hydrogen (secondary N) is 1. The van der Waals surface area contributed by atoms with E-state index >= 15 is 0 Å². The second-order valence-electron chi connectivity index (χ2n) is 4.20. The maximum Gasteiger partial charge on any atom is 0.117 e. The van der Waals surface area contributed by atoms with Crippen molar-refractivity contribution >= 4 is 38.8 Å². The van der Waals surface area contributed by atoms with Gasteiger partial charge in [-0.3, -0.25) is 0 Å². The van der Waals surface area contributed by atoms with Crippen molar-refractivity contribution in [2.75, 3.05) is 5.32 Å². The minimum Gasteiger partial charge on any atom is -0.366 e. The summed E-state index contributed by atoms with van der Waals surface area (Å²) in [6, 6.07) is 8.41. The van der Waals surface area contributed by atoms with Gasteiger partial charge in [0.2, 0.25) is 0 Å². The maximum atomic E-state index is 4.43. The molecule has 1 N–H and O–H groups in total. The molecule has 3 nitrogen and oxygen atoms in total. The minimum atomic E-state index is 0.215. The first-order valence-electron chi connectivity index (χ1n) is 5.77. The molecule has 0 aliphatic rings. The van der Waals surface area contributed by atoms with Crippen LogP contribution in [0.3, 0.4) is 0 Å². The number of rotatable bonds is 3. The third kappa shape index (κ3) is 2.11. The Labute approximate surface area is 114 Å². The van der Waals surface area contributed by atoms with Gasteiger partial charge in [-0.15, -0.1) is 11.3 Å². The fraction of sp³-hybridized carbons (Fsp3) is 0.231. The number of aromatic nitrogens is 2. The number of fused-ring (bicyclic) bond motifs is 1. The molecule has 18 heavy (non-hydrogen) atoms. The average Bonchev–Trinajstić information content (AvgIpc) is 2.97. The molecule has 1 unspecified atom stereocenters. The monoisotopic (exact) mass is 275 g/mol. The van der Waals surface area contributed by atoms with Gasteiger partial charge < -0.3 is 5.32 Å². The Morgan fingerprint density at radius 2 is 2.11 bits per heavy atom.